The number of hydrogen-bond acceptors (Lipinski definition) is 0. The molecule has 0 aliphatic carbocycles. The molecule has 0 radical (unpaired) electrons. The van der Waals surface area contributed by atoms with Crippen molar-refractivity contribution in [1.29, 1.82) is 0 Å². The predicted molar refractivity (Wildman–Crippen MR) is 339 cm³/mol. The van der Waals surface area contributed by atoms with Gasteiger partial charge in [-0.2, -0.15) is 0 Å². The van der Waals surface area contributed by atoms with Gasteiger partial charge < -0.3 is 18.3 Å². The van der Waals surface area contributed by atoms with E-state index in [1.807, 2.05) is 0 Å². The summed E-state index contributed by atoms with van der Waals surface area (Å²) in [6, 6.07) is 96.0. The Balaban J connectivity index is 1.10. The lowest BCUT2D eigenvalue weighted by Crippen LogP contribution is -2.57. The lowest BCUT2D eigenvalue weighted by atomic mass is 9.30. The van der Waals surface area contributed by atoms with Crippen LogP contribution in [-0.2, 0) is 0 Å². The van der Waals surface area contributed by atoms with Crippen molar-refractivity contribution in [1.82, 2.24) is 18.3 Å². The second-order valence-corrected chi connectivity index (χ2v) is 22.3. The average molecular weight is 1010 g/mol. The van der Waals surface area contributed by atoms with Gasteiger partial charge in [-0.05, 0) is 153 Å². The largest absolute Gasteiger partial charge is 0.309 e. The van der Waals surface area contributed by atoms with Gasteiger partial charge in [0.15, 0.2) is 0 Å². The third-order valence-corrected chi connectivity index (χ3v) is 18.3. The van der Waals surface area contributed by atoms with Crippen LogP contribution in [0.3, 0.4) is 0 Å². The first-order valence-corrected chi connectivity index (χ1v) is 28.0. The van der Waals surface area contributed by atoms with Gasteiger partial charge in [0.2, 0.25) is 6.71 Å². The summed E-state index contributed by atoms with van der Waals surface area (Å²) >= 11 is 0. The zero-order valence-electron chi connectivity index (χ0n) is 43.6. The summed E-state index contributed by atoms with van der Waals surface area (Å²) in [6.45, 7) is 2.21. The molecule has 0 saturated carbocycles. The Morgan fingerprint density at radius 2 is 0.537 bits per heavy atom. The molecule has 2 aliphatic heterocycles. The highest BCUT2D eigenvalue weighted by Crippen LogP contribution is 2.52. The van der Waals surface area contributed by atoms with Gasteiger partial charge in [-0.15, -0.1) is 0 Å². The van der Waals surface area contributed by atoms with Crippen LogP contribution in [0.1, 0.15) is 5.56 Å². The second-order valence-electron chi connectivity index (χ2n) is 22.3. The Labute approximate surface area is 459 Å². The van der Waals surface area contributed by atoms with Crippen LogP contribution in [-0.4, -0.2) is 25.0 Å². The van der Waals surface area contributed by atoms with Gasteiger partial charge in [-0.1, -0.05) is 174 Å². The molecule has 0 atom stereocenters. The molecule has 368 valence electrons. The summed E-state index contributed by atoms with van der Waals surface area (Å²) in [5.41, 5.74) is 24.9. The van der Waals surface area contributed by atoms with Crippen LogP contribution in [0.25, 0.3) is 154 Å². The van der Waals surface area contributed by atoms with Crippen LogP contribution in [0, 0.1) is 6.92 Å². The van der Waals surface area contributed by atoms with E-state index in [1.165, 1.54) is 153 Å². The van der Waals surface area contributed by atoms with Crippen LogP contribution in [0.4, 0.5) is 0 Å². The minimum Gasteiger partial charge on any atom is -0.309 e. The smallest absolute Gasteiger partial charge is 0.244 e. The van der Waals surface area contributed by atoms with Crippen molar-refractivity contribution in [3.05, 3.63) is 260 Å². The van der Waals surface area contributed by atoms with Crippen LogP contribution >= 0.6 is 0 Å². The van der Waals surface area contributed by atoms with E-state index in [-0.39, 0.29) is 6.71 Å². The average Bonchev–Trinajstić information content (AvgIpc) is 4.37. The molecule has 0 bridgehead atoms. The predicted octanol–water partition coefficient (Wildman–Crippen LogP) is 17.2. The van der Waals surface area contributed by atoms with E-state index in [1.54, 1.807) is 0 Å². The van der Waals surface area contributed by atoms with Gasteiger partial charge in [0.25, 0.3) is 0 Å². The van der Waals surface area contributed by atoms with Crippen molar-refractivity contribution < 1.29 is 0 Å². The van der Waals surface area contributed by atoms with Gasteiger partial charge >= 0.3 is 0 Å². The number of benzene rings is 13. The molecule has 0 saturated heterocycles. The fraction of sp³-hybridized carbons (Fsp3) is 0.0133. The number of hydrogen-bond donors (Lipinski definition) is 0. The van der Waals surface area contributed by atoms with E-state index in [0.717, 1.165) is 22.7 Å². The number of aryl methyl sites for hydroxylation is 1. The highest BCUT2D eigenvalue weighted by molar-refractivity contribution is 7.02. The van der Waals surface area contributed by atoms with Gasteiger partial charge in [0, 0.05) is 65.8 Å². The molecule has 0 amide bonds. The SMILES string of the molecule is Cc1cc2c3c(c1)-c1c4c(cc5c(c4cc4c1c1ccccc1n4-c1ccccc1)c1ccccc1n5-c1ccccc1)B3c1cc3c(c4cc5c(c-2c14)c1ccccc1n5-c1ccccc1)c1ccccc1n3-c1ccccc1. The third kappa shape index (κ3) is 5.32. The first-order valence-electron chi connectivity index (χ1n) is 28.0. The molecule has 19 rings (SSSR count). The summed E-state index contributed by atoms with van der Waals surface area (Å²) in [4.78, 5) is 0. The lowest BCUT2D eigenvalue weighted by molar-refractivity contribution is 1.18. The Bertz CT molecular complexity index is 5240. The Morgan fingerprint density at radius 1 is 0.250 bits per heavy atom. The molecular weight excluding hydrogens is 968 g/mol. The van der Waals surface area contributed by atoms with Crippen molar-refractivity contribution in [2.24, 2.45) is 0 Å². The second kappa shape index (κ2) is 15.4. The highest BCUT2D eigenvalue weighted by Gasteiger charge is 2.43. The molecule has 2 aliphatic rings. The van der Waals surface area contributed by atoms with Gasteiger partial charge in [0.05, 0.1) is 44.1 Å². The minimum absolute atomic E-state index is 0.122. The van der Waals surface area contributed by atoms with Gasteiger partial charge in [-0.25, -0.2) is 0 Å². The van der Waals surface area contributed by atoms with Crippen molar-refractivity contribution in [2.45, 2.75) is 6.92 Å². The van der Waals surface area contributed by atoms with Gasteiger partial charge in [0.1, 0.15) is 0 Å². The summed E-state index contributed by atoms with van der Waals surface area (Å²) in [7, 11) is 0. The normalized spacial score (nSPS) is 12.8. The highest BCUT2D eigenvalue weighted by atomic mass is 15.0. The first-order chi connectivity index (χ1) is 39.7. The Kier molecular flexibility index (Phi) is 8.24. The van der Waals surface area contributed by atoms with E-state index in [0.29, 0.717) is 0 Å². The maximum absolute atomic E-state index is 2.63. The van der Waals surface area contributed by atoms with Crippen LogP contribution in [0.5, 0.6) is 0 Å². The van der Waals surface area contributed by atoms with E-state index >= 15 is 0 Å². The lowest BCUT2D eigenvalue weighted by Gasteiger charge is -2.36. The van der Waals surface area contributed by atoms with Crippen LogP contribution in [0.2, 0.25) is 0 Å². The molecule has 0 spiro atoms. The monoisotopic (exact) mass is 1010 g/mol. The fourth-order valence-electron chi connectivity index (χ4n) is 15.5. The molecule has 0 unspecified atom stereocenters. The van der Waals surface area contributed by atoms with Crippen molar-refractivity contribution in [3.63, 3.8) is 0 Å². The molecule has 4 nitrogen and oxygen atoms in total. The maximum Gasteiger partial charge on any atom is 0.244 e. The Morgan fingerprint density at radius 3 is 0.875 bits per heavy atom. The van der Waals surface area contributed by atoms with Gasteiger partial charge in [-0.3, -0.25) is 0 Å². The number of fused-ring (bicyclic) bond motifs is 20. The molecule has 5 heteroatoms. The Hall–Kier alpha value is -10.4. The summed E-state index contributed by atoms with van der Waals surface area (Å²) < 4.78 is 10.1. The maximum atomic E-state index is 2.63. The molecule has 6 heterocycles. The third-order valence-electron chi connectivity index (χ3n) is 18.3. The minimum atomic E-state index is -0.122. The molecular formula is C75H45BN4. The quantitative estimate of drug-likeness (QED) is 0.157. The fourth-order valence-corrected chi connectivity index (χ4v) is 15.5. The van der Waals surface area contributed by atoms with Crippen molar-refractivity contribution >= 4 is 132 Å². The zero-order valence-corrected chi connectivity index (χ0v) is 43.6. The van der Waals surface area contributed by atoms with Crippen molar-refractivity contribution in [2.75, 3.05) is 0 Å². The molecule has 17 aromatic rings. The van der Waals surface area contributed by atoms with E-state index in [4.69, 9.17) is 0 Å². The molecule has 0 fully saturated rings. The number of aromatic nitrogens is 4. The first kappa shape index (κ1) is 42.7. The van der Waals surface area contributed by atoms with Crippen LogP contribution < -0.4 is 16.4 Å². The summed E-state index contributed by atoms with van der Waals surface area (Å²) in [5, 5.41) is 15.4. The van der Waals surface area contributed by atoms with E-state index in [9.17, 15) is 0 Å². The zero-order chi connectivity index (χ0) is 52.1. The number of para-hydroxylation sites is 8. The topological polar surface area (TPSA) is 19.7 Å². The van der Waals surface area contributed by atoms with E-state index in [2.05, 4.69) is 280 Å². The molecule has 13 aromatic carbocycles. The molecule has 0 N–H and O–H groups in total. The standard InChI is InChI=1S/C75H45BN4/c1-44-38-55-73-69-53(40-63-71(73)51-32-16-20-36-61(51)77(63)45-22-6-2-7-23-45)67-49-30-14-18-34-59(49)79(47-26-10-4-11-27-47)65(67)42-57(69)76-58-43-66-68(50-31-15-19-35-60(50)80(66)48-28-12-5-13-29-48)54-41-64-72(74(70(54)58)56(39-44)75(55)76)52-33-17-21-37-62(52)78(64)46-24-8-3-9-25-46/h2-43H,1H3. The molecule has 4 aromatic heterocycles. The number of rotatable bonds is 4. The van der Waals surface area contributed by atoms with Crippen molar-refractivity contribution in [3.8, 4) is 45.0 Å². The molecule has 80 heavy (non-hydrogen) atoms. The summed E-state index contributed by atoms with van der Waals surface area (Å²) in [6.07, 6.45) is 0. The summed E-state index contributed by atoms with van der Waals surface area (Å²) in [5.74, 6) is 0. The van der Waals surface area contributed by atoms with E-state index < -0.39 is 0 Å². The van der Waals surface area contributed by atoms with Crippen LogP contribution in [0.15, 0.2) is 255 Å². The number of nitrogens with zero attached hydrogens (tertiary/aromatic N) is 4.